The maximum absolute atomic E-state index is 13.8. The Hall–Kier alpha value is -2.03. The molecular weight excluding hydrogens is 265 g/mol. The van der Waals surface area contributed by atoms with E-state index in [4.69, 9.17) is 10.5 Å². The molecule has 2 aromatic rings. The van der Waals surface area contributed by atoms with Gasteiger partial charge in [-0.15, -0.1) is 0 Å². The van der Waals surface area contributed by atoms with E-state index in [0.29, 0.717) is 11.3 Å². The molecule has 21 heavy (non-hydrogen) atoms. The van der Waals surface area contributed by atoms with Crippen molar-refractivity contribution in [1.82, 2.24) is 0 Å². The van der Waals surface area contributed by atoms with Gasteiger partial charge in [-0.25, -0.2) is 4.39 Å². The Kier molecular flexibility index (Phi) is 4.21. The lowest BCUT2D eigenvalue weighted by Gasteiger charge is -2.23. The minimum Gasteiger partial charge on any atom is -0.488 e. The maximum atomic E-state index is 13.8. The van der Waals surface area contributed by atoms with Crippen LogP contribution in [0.4, 0.5) is 10.1 Å². The molecule has 0 fully saturated rings. The Morgan fingerprint density at radius 2 is 1.86 bits per heavy atom. The van der Waals surface area contributed by atoms with Gasteiger partial charge in [-0.3, -0.25) is 0 Å². The van der Waals surface area contributed by atoms with Crippen LogP contribution in [0.25, 0.3) is 0 Å². The molecule has 2 nitrogen and oxygen atoms in total. The lowest BCUT2D eigenvalue weighted by atomic mass is 9.86. The third-order valence-electron chi connectivity index (χ3n) is 3.47. The van der Waals surface area contributed by atoms with Gasteiger partial charge in [-0.05, 0) is 41.7 Å². The third kappa shape index (κ3) is 3.54. The van der Waals surface area contributed by atoms with Crippen LogP contribution >= 0.6 is 0 Å². The number of hydrogen-bond donors (Lipinski definition) is 1. The van der Waals surface area contributed by atoms with Crippen LogP contribution in [-0.4, -0.2) is 0 Å². The molecule has 2 aromatic carbocycles. The summed E-state index contributed by atoms with van der Waals surface area (Å²) in [4.78, 5) is 0. The number of halogens is 1. The van der Waals surface area contributed by atoms with Gasteiger partial charge in [0.2, 0.25) is 0 Å². The first-order valence-corrected chi connectivity index (χ1v) is 7.06. The van der Waals surface area contributed by atoms with Crippen LogP contribution in [0.3, 0.4) is 0 Å². The number of ether oxygens (including phenoxy) is 1. The second kappa shape index (κ2) is 5.76. The van der Waals surface area contributed by atoms with Crippen LogP contribution in [0.1, 0.15) is 37.5 Å². The fourth-order valence-corrected chi connectivity index (χ4v) is 2.25. The summed E-state index contributed by atoms with van der Waals surface area (Å²) in [6, 6.07) is 10.8. The third-order valence-corrected chi connectivity index (χ3v) is 3.47. The van der Waals surface area contributed by atoms with Crippen molar-refractivity contribution in [3.63, 3.8) is 0 Å². The van der Waals surface area contributed by atoms with E-state index in [1.807, 2.05) is 13.0 Å². The summed E-state index contributed by atoms with van der Waals surface area (Å²) in [5.41, 5.74) is 8.81. The lowest BCUT2D eigenvalue weighted by molar-refractivity contribution is 0.292. The highest BCUT2D eigenvalue weighted by atomic mass is 19.1. The summed E-state index contributed by atoms with van der Waals surface area (Å²) in [5, 5.41) is 0. The first kappa shape index (κ1) is 15.4. The van der Waals surface area contributed by atoms with Gasteiger partial charge in [-0.1, -0.05) is 39.0 Å². The first-order valence-electron chi connectivity index (χ1n) is 7.06. The predicted molar refractivity (Wildman–Crippen MR) is 85.0 cm³/mol. The van der Waals surface area contributed by atoms with Crippen molar-refractivity contribution in [3.8, 4) is 5.75 Å². The normalized spacial score (nSPS) is 11.5. The second-order valence-corrected chi connectivity index (χ2v) is 6.35. The fraction of sp³-hybridized carbons (Fsp3) is 0.333. The Balaban J connectivity index is 2.30. The molecular formula is C18H22FNO. The average Bonchev–Trinajstić information content (AvgIpc) is 2.36. The number of aryl methyl sites for hydroxylation is 1. The van der Waals surface area contributed by atoms with Crippen molar-refractivity contribution < 1.29 is 9.13 Å². The Morgan fingerprint density at radius 3 is 2.48 bits per heavy atom. The van der Waals surface area contributed by atoms with E-state index in [2.05, 4.69) is 32.9 Å². The molecule has 0 heterocycles. The van der Waals surface area contributed by atoms with E-state index < -0.39 is 0 Å². The van der Waals surface area contributed by atoms with Crippen LogP contribution in [0.5, 0.6) is 5.75 Å². The van der Waals surface area contributed by atoms with Gasteiger partial charge in [-0.2, -0.15) is 0 Å². The van der Waals surface area contributed by atoms with Gasteiger partial charge in [0.1, 0.15) is 18.2 Å². The van der Waals surface area contributed by atoms with Crippen molar-refractivity contribution in [1.29, 1.82) is 0 Å². The zero-order chi connectivity index (χ0) is 15.6. The maximum Gasteiger partial charge on any atom is 0.131 e. The molecule has 0 radical (unpaired) electrons. The molecule has 0 aromatic heterocycles. The molecule has 0 aliphatic carbocycles. The van der Waals surface area contributed by atoms with Crippen LogP contribution in [0.2, 0.25) is 0 Å². The molecule has 0 unspecified atom stereocenters. The van der Waals surface area contributed by atoms with Crippen molar-refractivity contribution in [2.75, 3.05) is 5.73 Å². The van der Waals surface area contributed by atoms with Crippen LogP contribution in [0.15, 0.2) is 36.4 Å². The molecule has 0 saturated heterocycles. The molecule has 2 rings (SSSR count). The number of anilines is 1. The highest BCUT2D eigenvalue weighted by Gasteiger charge is 2.19. The lowest BCUT2D eigenvalue weighted by Crippen LogP contribution is -2.14. The predicted octanol–water partition coefficient (Wildman–Crippen LogP) is 4.59. The number of benzene rings is 2. The van der Waals surface area contributed by atoms with E-state index in [1.54, 1.807) is 12.1 Å². The van der Waals surface area contributed by atoms with Crippen molar-refractivity contribution in [2.24, 2.45) is 0 Å². The topological polar surface area (TPSA) is 35.2 Å². The summed E-state index contributed by atoms with van der Waals surface area (Å²) in [6.07, 6.45) is 0. The average molecular weight is 287 g/mol. The van der Waals surface area contributed by atoms with Gasteiger partial charge in [0.05, 0.1) is 0 Å². The van der Waals surface area contributed by atoms with Crippen molar-refractivity contribution in [2.45, 2.75) is 39.7 Å². The van der Waals surface area contributed by atoms with Crippen LogP contribution in [-0.2, 0) is 12.0 Å². The van der Waals surface area contributed by atoms with E-state index in [1.165, 1.54) is 6.07 Å². The monoisotopic (exact) mass is 287 g/mol. The van der Waals surface area contributed by atoms with E-state index in [0.717, 1.165) is 16.9 Å². The summed E-state index contributed by atoms with van der Waals surface area (Å²) in [5.74, 6) is 0.449. The number of hydrogen-bond acceptors (Lipinski definition) is 2. The number of nitrogen functional groups attached to an aromatic ring is 1. The Morgan fingerprint density at radius 1 is 1.14 bits per heavy atom. The smallest absolute Gasteiger partial charge is 0.131 e. The molecule has 2 N–H and O–H groups in total. The van der Waals surface area contributed by atoms with Gasteiger partial charge < -0.3 is 10.5 Å². The Bertz CT molecular complexity index is 624. The summed E-state index contributed by atoms with van der Waals surface area (Å²) in [7, 11) is 0. The SMILES string of the molecule is Cc1ccc(C(C)(C)C)c(OCc2c(N)cccc2F)c1. The quantitative estimate of drug-likeness (QED) is 0.838. The molecule has 0 aliphatic heterocycles. The van der Waals surface area contributed by atoms with Gasteiger partial charge in [0.25, 0.3) is 0 Å². The van der Waals surface area contributed by atoms with Crippen LogP contribution in [0, 0.1) is 12.7 Å². The molecule has 0 atom stereocenters. The van der Waals surface area contributed by atoms with E-state index in [9.17, 15) is 4.39 Å². The largest absolute Gasteiger partial charge is 0.488 e. The second-order valence-electron chi connectivity index (χ2n) is 6.35. The van der Waals surface area contributed by atoms with Gasteiger partial charge in [0, 0.05) is 11.3 Å². The summed E-state index contributed by atoms with van der Waals surface area (Å²) < 4.78 is 19.7. The van der Waals surface area contributed by atoms with Gasteiger partial charge >= 0.3 is 0 Å². The zero-order valence-corrected chi connectivity index (χ0v) is 13.0. The summed E-state index contributed by atoms with van der Waals surface area (Å²) in [6.45, 7) is 8.52. The van der Waals surface area contributed by atoms with E-state index in [-0.39, 0.29) is 17.8 Å². The molecule has 0 spiro atoms. The zero-order valence-electron chi connectivity index (χ0n) is 13.0. The van der Waals surface area contributed by atoms with E-state index >= 15 is 0 Å². The molecule has 112 valence electrons. The van der Waals surface area contributed by atoms with Crippen molar-refractivity contribution >= 4 is 5.69 Å². The summed E-state index contributed by atoms with van der Waals surface area (Å²) >= 11 is 0. The molecule has 0 amide bonds. The van der Waals surface area contributed by atoms with Crippen molar-refractivity contribution in [3.05, 3.63) is 58.9 Å². The minimum absolute atomic E-state index is 0.0379. The van der Waals surface area contributed by atoms with Gasteiger partial charge in [0.15, 0.2) is 0 Å². The highest BCUT2D eigenvalue weighted by molar-refractivity contribution is 5.47. The molecule has 3 heteroatoms. The highest BCUT2D eigenvalue weighted by Crippen LogP contribution is 2.33. The Labute approximate surface area is 125 Å². The standard InChI is InChI=1S/C18H22FNO/c1-12-8-9-14(18(2,3)4)17(10-12)21-11-13-15(19)6-5-7-16(13)20/h5-10H,11,20H2,1-4H3. The van der Waals surface area contributed by atoms with Crippen LogP contribution < -0.4 is 10.5 Å². The fourth-order valence-electron chi connectivity index (χ4n) is 2.25. The number of rotatable bonds is 3. The minimum atomic E-state index is -0.333. The molecule has 0 aliphatic rings. The number of nitrogens with two attached hydrogens (primary N) is 1. The molecule has 0 bridgehead atoms. The first-order chi connectivity index (χ1) is 9.79. The molecule has 0 saturated carbocycles.